The minimum Gasteiger partial charge on any atom is -0.465 e. The molecule has 0 saturated heterocycles. The second-order valence-corrected chi connectivity index (χ2v) is 3.51. The number of pyridine rings is 1. The summed E-state index contributed by atoms with van der Waals surface area (Å²) in [5, 5.41) is 7.04. The lowest BCUT2D eigenvalue weighted by Gasteiger charge is -2.02. The summed E-state index contributed by atoms with van der Waals surface area (Å²) in [4.78, 5) is 15.7. The number of methoxy groups -OCH3 is 1. The van der Waals surface area contributed by atoms with Crippen molar-refractivity contribution >= 4 is 5.97 Å². The number of aryl methyl sites for hydroxylation is 1. The molecule has 0 saturated carbocycles. The van der Waals surface area contributed by atoms with Gasteiger partial charge in [-0.15, -0.1) is 0 Å². The van der Waals surface area contributed by atoms with Crippen LogP contribution in [0.25, 0.3) is 11.3 Å². The van der Waals surface area contributed by atoms with Gasteiger partial charge in [0.25, 0.3) is 0 Å². The Morgan fingerprint density at radius 1 is 1.41 bits per heavy atom. The van der Waals surface area contributed by atoms with Gasteiger partial charge in [0.1, 0.15) is 11.3 Å². The lowest BCUT2D eigenvalue weighted by molar-refractivity contribution is 0.0600. The van der Waals surface area contributed by atoms with Crippen LogP contribution in [0.4, 0.5) is 0 Å². The number of H-pyrrole nitrogens is 1. The monoisotopic (exact) mass is 231 g/mol. The fraction of sp³-hybridized carbons (Fsp3) is 0.250. The second kappa shape index (κ2) is 4.78. The van der Waals surface area contributed by atoms with Crippen LogP contribution < -0.4 is 0 Å². The van der Waals surface area contributed by atoms with Gasteiger partial charge in [-0.25, -0.2) is 4.79 Å². The van der Waals surface area contributed by atoms with Gasteiger partial charge in [0.2, 0.25) is 0 Å². The second-order valence-electron chi connectivity index (χ2n) is 3.51. The molecule has 2 aromatic rings. The summed E-state index contributed by atoms with van der Waals surface area (Å²) in [7, 11) is 1.37. The molecule has 1 N–H and O–H groups in total. The quantitative estimate of drug-likeness (QED) is 0.818. The number of rotatable bonds is 3. The Balaban J connectivity index is 2.55. The zero-order valence-electron chi connectivity index (χ0n) is 9.73. The van der Waals surface area contributed by atoms with E-state index in [0.717, 1.165) is 11.3 Å². The van der Waals surface area contributed by atoms with Gasteiger partial charge in [0, 0.05) is 18.0 Å². The molecule has 5 nitrogen and oxygen atoms in total. The van der Waals surface area contributed by atoms with Gasteiger partial charge < -0.3 is 4.74 Å². The Kier molecular flexibility index (Phi) is 3.18. The fourth-order valence-corrected chi connectivity index (χ4v) is 1.67. The average Bonchev–Trinajstić information content (AvgIpc) is 2.82. The maximum Gasteiger partial charge on any atom is 0.342 e. The predicted molar refractivity (Wildman–Crippen MR) is 62.5 cm³/mol. The van der Waals surface area contributed by atoms with E-state index in [1.165, 1.54) is 7.11 Å². The third-order valence-corrected chi connectivity index (χ3v) is 2.54. The van der Waals surface area contributed by atoms with Crippen LogP contribution in [0.15, 0.2) is 24.5 Å². The van der Waals surface area contributed by atoms with Gasteiger partial charge in [0.15, 0.2) is 0 Å². The number of ether oxygens (including phenoxy) is 1. The smallest absolute Gasteiger partial charge is 0.342 e. The Hall–Kier alpha value is -2.17. The van der Waals surface area contributed by atoms with E-state index in [2.05, 4.69) is 15.2 Å². The molecule has 88 valence electrons. The topological polar surface area (TPSA) is 67.9 Å². The zero-order chi connectivity index (χ0) is 12.3. The number of carbonyl (C=O) groups is 1. The summed E-state index contributed by atoms with van der Waals surface area (Å²) in [5.74, 6) is -0.373. The maximum atomic E-state index is 11.8. The fourth-order valence-electron chi connectivity index (χ4n) is 1.67. The third-order valence-electron chi connectivity index (χ3n) is 2.54. The van der Waals surface area contributed by atoms with Crippen LogP contribution in [-0.2, 0) is 11.2 Å². The molecule has 2 rings (SSSR count). The van der Waals surface area contributed by atoms with Crippen molar-refractivity contribution in [3.05, 3.63) is 35.8 Å². The number of carbonyl (C=O) groups excluding carboxylic acids is 1. The zero-order valence-corrected chi connectivity index (χ0v) is 9.73. The van der Waals surface area contributed by atoms with E-state index in [1.54, 1.807) is 12.4 Å². The molecular formula is C12H13N3O2. The molecule has 0 atom stereocenters. The first-order valence-electron chi connectivity index (χ1n) is 5.33. The highest BCUT2D eigenvalue weighted by atomic mass is 16.5. The molecule has 0 aliphatic rings. The molecule has 0 fully saturated rings. The number of nitrogens with one attached hydrogen (secondary N) is 1. The highest BCUT2D eigenvalue weighted by Gasteiger charge is 2.20. The highest BCUT2D eigenvalue weighted by Crippen LogP contribution is 2.24. The van der Waals surface area contributed by atoms with Crippen LogP contribution in [-0.4, -0.2) is 28.3 Å². The molecule has 0 aliphatic heterocycles. The minimum absolute atomic E-state index is 0.373. The van der Waals surface area contributed by atoms with Crippen molar-refractivity contribution in [2.24, 2.45) is 0 Å². The average molecular weight is 231 g/mol. The van der Waals surface area contributed by atoms with Crippen LogP contribution in [0.1, 0.15) is 23.0 Å². The molecule has 0 aromatic carbocycles. The summed E-state index contributed by atoms with van der Waals surface area (Å²) in [6, 6.07) is 3.62. The van der Waals surface area contributed by atoms with Crippen molar-refractivity contribution in [3.8, 4) is 11.3 Å². The van der Waals surface area contributed by atoms with E-state index in [-0.39, 0.29) is 5.97 Å². The Labute approximate surface area is 98.8 Å². The molecule has 2 aromatic heterocycles. The summed E-state index contributed by atoms with van der Waals surface area (Å²) in [5.41, 5.74) is 2.73. The number of esters is 1. The first-order chi connectivity index (χ1) is 8.27. The molecule has 0 aliphatic carbocycles. The van der Waals surface area contributed by atoms with E-state index in [9.17, 15) is 4.79 Å². The largest absolute Gasteiger partial charge is 0.465 e. The molecule has 17 heavy (non-hydrogen) atoms. The maximum absolute atomic E-state index is 11.8. The number of hydrogen-bond acceptors (Lipinski definition) is 4. The van der Waals surface area contributed by atoms with Crippen LogP contribution in [0.3, 0.4) is 0 Å². The molecule has 0 amide bonds. The predicted octanol–water partition coefficient (Wildman–Crippen LogP) is 1.82. The summed E-state index contributed by atoms with van der Waals surface area (Å²) in [6.07, 6.45) is 4.02. The van der Waals surface area contributed by atoms with Crippen LogP contribution in [0.2, 0.25) is 0 Å². The number of hydrogen-bond donors (Lipinski definition) is 1. The summed E-state index contributed by atoms with van der Waals surface area (Å²) >= 11 is 0. The molecule has 5 heteroatoms. The van der Waals surface area contributed by atoms with Crippen molar-refractivity contribution in [3.63, 3.8) is 0 Å². The van der Waals surface area contributed by atoms with Crippen molar-refractivity contribution < 1.29 is 9.53 Å². The number of nitrogens with zero attached hydrogens (tertiary/aromatic N) is 2. The van der Waals surface area contributed by atoms with E-state index in [0.29, 0.717) is 17.7 Å². The van der Waals surface area contributed by atoms with Gasteiger partial charge in [-0.1, -0.05) is 6.92 Å². The van der Waals surface area contributed by atoms with Crippen molar-refractivity contribution in [2.45, 2.75) is 13.3 Å². The first kappa shape index (κ1) is 11.3. The summed E-state index contributed by atoms with van der Waals surface area (Å²) < 4.78 is 4.78. The third kappa shape index (κ3) is 2.04. The van der Waals surface area contributed by atoms with Gasteiger partial charge in [-0.2, -0.15) is 5.10 Å². The molecule has 0 radical (unpaired) electrons. The SMILES string of the molecule is CCc1[nH]nc(-c2ccncc2)c1C(=O)OC. The lowest BCUT2D eigenvalue weighted by atomic mass is 10.1. The molecular weight excluding hydrogens is 218 g/mol. The minimum atomic E-state index is -0.373. The Morgan fingerprint density at radius 2 is 2.12 bits per heavy atom. The molecule has 2 heterocycles. The number of aromatic nitrogens is 3. The standard InChI is InChI=1S/C12H13N3O2/c1-3-9-10(12(16)17-2)11(15-14-9)8-4-6-13-7-5-8/h4-7H,3H2,1-2H3,(H,14,15). The van der Waals surface area contributed by atoms with Crippen LogP contribution in [0, 0.1) is 0 Å². The Morgan fingerprint density at radius 3 is 2.71 bits per heavy atom. The van der Waals surface area contributed by atoms with Crippen LogP contribution >= 0.6 is 0 Å². The number of aromatic amines is 1. The van der Waals surface area contributed by atoms with Gasteiger partial charge in [-0.3, -0.25) is 10.1 Å². The van der Waals surface area contributed by atoms with E-state index < -0.39 is 0 Å². The Bertz CT molecular complexity index is 520. The van der Waals surface area contributed by atoms with Crippen LogP contribution in [0.5, 0.6) is 0 Å². The molecule has 0 spiro atoms. The van der Waals surface area contributed by atoms with E-state index >= 15 is 0 Å². The first-order valence-corrected chi connectivity index (χ1v) is 5.33. The molecule has 0 bridgehead atoms. The normalized spacial score (nSPS) is 10.2. The van der Waals surface area contributed by atoms with Crippen molar-refractivity contribution in [1.29, 1.82) is 0 Å². The van der Waals surface area contributed by atoms with E-state index in [4.69, 9.17) is 4.74 Å². The van der Waals surface area contributed by atoms with Gasteiger partial charge in [0.05, 0.1) is 12.8 Å². The molecule has 0 unspecified atom stereocenters. The highest BCUT2D eigenvalue weighted by molar-refractivity contribution is 5.97. The summed E-state index contributed by atoms with van der Waals surface area (Å²) in [6.45, 7) is 1.95. The van der Waals surface area contributed by atoms with Gasteiger partial charge in [-0.05, 0) is 18.6 Å². The van der Waals surface area contributed by atoms with Crippen molar-refractivity contribution in [1.82, 2.24) is 15.2 Å². The van der Waals surface area contributed by atoms with Gasteiger partial charge >= 0.3 is 5.97 Å². The lowest BCUT2D eigenvalue weighted by Crippen LogP contribution is -2.05. The van der Waals surface area contributed by atoms with E-state index in [1.807, 2.05) is 19.1 Å². The van der Waals surface area contributed by atoms with Crippen molar-refractivity contribution in [2.75, 3.05) is 7.11 Å².